The summed E-state index contributed by atoms with van der Waals surface area (Å²) in [5, 5.41) is 3.84. The van der Waals surface area contributed by atoms with Gasteiger partial charge in [0.05, 0.1) is 11.4 Å². The van der Waals surface area contributed by atoms with Gasteiger partial charge in [-0.15, -0.1) is 0 Å². The molecule has 2 rings (SSSR count). The molecule has 6 nitrogen and oxygen atoms in total. The van der Waals surface area contributed by atoms with Gasteiger partial charge in [-0.2, -0.15) is 0 Å². The van der Waals surface area contributed by atoms with E-state index in [0.717, 1.165) is 11.1 Å². The van der Waals surface area contributed by atoms with Gasteiger partial charge in [0, 0.05) is 19.2 Å². The molecule has 25 heavy (non-hydrogen) atoms. The van der Waals surface area contributed by atoms with Gasteiger partial charge in [-0.25, -0.2) is 8.42 Å². The first-order valence-electron chi connectivity index (χ1n) is 8.11. The number of hydrogen-bond acceptors (Lipinski definition) is 5. The summed E-state index contributed by atoms with van der Waals surface area (Å²) >= 11 is 0. The van der Waals surface area contributed by atoms with Gasteiger partial charge in [-0.3, -0.25) is 4.79 Å². The first-order chi connectivity index (χ1) is 11.7. The molecule has 0 spiro atoms. The second-order valence-corrected chi connectivity index (χ2v) is 8.65. The predicted molar refractivity (Wildman–Crippen MR) is 95.7 cm³/mol. The van der Waals surface area contributed by atoms with Crippen molar-refractivity contribution in [1.82, 2.24) is 10.1 Å². The van der Waals surface area contributed by atoms with E-state index in [9.17, 15) is 13.2 Å². The quantitative estimate of drug-likeness (QED) is 0.754. The number of aromatic nitrogens is 1. The van der Waals surface area contributed by atoms with Gasteiger partial charge in [0.25, 0.3) is 0 Å². The molecular weight excluding hydrogens is 340 g/mol. The van der Waals surface area contributed by atoms with E-state index in [1.54, 1.807) is 7.05 Å². The Labute approximate surface area is 148 Å². The molecule has 7 heteroatoms. The Morgan fingerprint density at radius 2 is 1.92 bits per heavy atom. The molecular formula is C18H24N2O4S. The van der Waals surface area contributed by atoms with Crippen molar-refractivity contribution >= 4 is 15.7 Å². The SMILES string of the molecule is Cc1ccccc1CN(C)C(=O)CS(=O)(=O)Cc1conc1C(C)C. The van der Waals surface area contributed by atoms with Crippen LogP contribution in [0.5, 0.6) is 0 Å². The Kier molecular flexibility index (Phi) is 6.00. The molecule has 0 radical (unpaired) electrons. The summed E-state index contributed by atoms with van der Waals surface area (Å²) in [6.45, 7) is 6.17. The Bertz CT molecular complexity index is 840. The van der Waals surface area contributed by atoms with Gasteiger partial charge >= 0.3 is 0 Å². The third-order valence-electron chi connectivity index (χ3n) is 4.04. The average Bonchev–Trinajstić information content (AvgIpc) is 2.96. The molecule has 0 aliphatic carbocycles. The maximum Gasteiger partial charge on any atom is 0.237 e. The van der Waals surface area contributed by atoms with Gasteiger partial charge in [0.2, 0.25) is 5.91 Å². The van der Waals surface area contributed by atoms with Crippen LogP contribution in [0, 0.1) is 6.92 Å². The van der Waals surface area contributed by atoms with E-state index in [1.165, 1.54) is 11.2 Å². The van der Waals surface area contributed by atoms with E-state index in [0.29, 0.717) is 17.8 Å². The van der Waals surface area contributed by atoms with Crippen LogP contribution in [0.3, 0.4) is 0 Å². The standard InChI is InChI=1S/C18H24N2O4S/c1-13(2)18-16(10-24-19-18)11-25(22,23)12-17(21)20(4)9-15-8-6-5-7-14(15)3/h5-8,10,13H,9,11-12H2,1-4H3. The second kappa shape index (κ2) is 7.82. The summed E-state index contributed by atoms with van der Waals surface area (Å²) in [6.07, 6.45) is 1.34. The molecule has 1 heterocycles. The fourth-order valence-corrected chi connectivity index (χ4v) is 3.96. The Balaban J connectivity index is 2.03. The number of carbonyl (C=O) groups excluding carboxylic acids is 1. The van der Waals surface area contributed by atoms with Crippen molar-refractivity contribution in [2.75, 3.05) is 12.8 Å². The zero-order valence-corrected chi connectivity index (χ0v) is 15.8. The highest BCUT2D eigenvalue weighted by molar-refractivity contribution is 7.91. The zero-order chi connectivity index (χ0) is 18.6. The number of nitrogens with zero attached hydrogens (tertiary/aromatic N) is 2. The highest BCUT2D eigenvalue weighted by atomic mass is 32.2. The fraction of sp³-hybridized carbons (Fsp3) is 0.444. The van der Waals surface area contributed by atoms with Crippen LogP contribution in [-0.4, -0.2) is 37.2 Å². The molecule has 1 aromatic heterocycles. The molecule has 0 aliphatic rings. The molecule has 1 aromatic carbocycles. The molecule has 1 amide bonds. The molecule has 0 aliphatic heterocycles. The van der Waals surface area contributed by atoms with Crippen molar-refractivity contribution < 1.29 is 17.7 Å². The molecule has 0 atom stereocenters. The van der Waals surface area contributed by atoms with Crippen molar-refractivity contribution in [2.24, 2.45) is 0 Å². The summed E-state index contributed by atoms with van der Waals surface area (Å²) in [5.41, 5.74) is 3.20. The van der Waals surface area contributed by atoms with E-state index < -0.39 is 21.5 Å². The number of rotatable bonds is 7. The average molecular weight is 364 g/mol. The van der Waals surface area contributed by atoms with E-state index in [-0.39, 0.29) is 11.7 Å². The second-order valence-electron chi connectivity index (χ2n) is 6.59. The normalized spacial score (nSPS) is 11.7. The number of benzene rings is 1. The molecule has 0 saturated heterocycles. The fourth-order valence-electron chi connectivity index (χ4n) is 2.57. The summed E-state index contributed by atoms with van der Waals surface area (Å²) in [5.74, 6) is -1.14. The number of carbonyl (C=O) groups is 1. The molecule has 2 aromatic rings. The molecule has 0 bridgehead atoms. The lowest BCUT2D eigenvalue weighted by molar-refractivity contribution is -0.127. The van der Waals surface area contributed by atoms with Gasteiger partial charge in [-0.05, 0) is 24.0 Å². The van der Waals surface area contributed by atoms with Crippen molar-refractivity contribution in [3.63, 3.8) is 0 Å². The highest BCUT2D eigenvalue weighted by Crippen LogP contribution is 2.20. The van der Waals surface area contributed by atoms with E-state index in [4.69, 9.17) is 4.52 Å². The zero-order valence-electron chi connectivity index (χ0n) is 15.0. The van der Waals surface area contributed by atoms with Crippen LogP contribution in [0.2, 0.25) is 0 Å². The van der Waals surface area contributed by atoms with Crippen LogP contribution in [-0.2, 0) is 26.9 Å². The minimum absolute atomic E-state index is 0.0587. The van der Waals surface area contributed by atoms with Crippen molar-refractivity contribution in [3.8, 4) is 0 Å². The monoisotopic (exact) mass is 364 g/mol. The first-order valence-corrected chi connectivity index (χ1v) is 9.94. The minimum atomic E-state index is -3.60. The maximum absolute atomic E-state index is 12.4. The van der Waals surface area contributed by atoms with Crippen molar-refractivity contribution in [3.05, 3.63) is 52.9 Å². The van der Waals surface area contributed by atoms with Gasteiger partial charge in [0.1, 0.15) is 12.0 Å². The predicted octanol–water partition coefficient (Wildman–Crippen LogP) is 2.68. The molecule has 0 unspecified atom stereocenters. The number of sulfone groups is 1. The molecule has 0 N–H and O–H groups in total. The van der Waals surface area contributed by atoms with Crippen LogP contribution in [0.1, 0.15) is 42.1 Å². The van der Waals surface area contributed by atoms with Gasteiger partial charge in [0.15, 0.2) is 9.84 Å². The Morgan fingerprint density at radius 1 is 1.24 bits per heavy atom. The Hall–Kier alpha value is -2.15. The van der Waals surface area contributed by atoms with Crippen molar-refractivity contribution in [1.29, 1.82) is 0 Å². The number of hydrogen-bond donors (Lipinski definition) is 0. The summed E-state index contributed by atoms with van der Waals surface area (Å²) in [4.78, 5) is 13.8. The van der Waals surface area contributed by atoms with Crippen molar-refractivity contribution in [2.45, 2.75) is 39.0 Å². The molecule has 0 fully saturated rings. The lowest BCUT2D eigenvalue weighted by Gasteiger charge is -2.18. The topological polar surface area (TPSA) is 80.5 Å². The van der Waals surface area contributed by atoms with Crippen LogP contribution in [0.4, 0.5) is 0 Å². The van der Waals surface area contributed by atoms with Crippen LogP contribution in [0.15, 0.2) is 35.1 Å². The van der Waals surface area contributed by atoms with Gasteiger partial charge in [-0.1, -0.05) is 43.3 Å². The summed E-state index contributed by atoms with van der Waals surface area (Å²) in [7, 11) is -1.98. The third-order valence-corrected chi connectivity index (χ3v) is 5.47. The number of aryl methyl sites for hydroxylation is 1. The maximum atomic E-state index is 12.4. The van der Waals surface area contributed by atoms with E-state index >= 15 is 0 Å². The Morgan fingerprint density at radius 3 is 2.56 bits per heavy atom. The lowest BCUT2D eigenvalue weighted by Crippen LogP contribution is -2.32. The summed E-state index contributed by atoms with van der Waals surface area (Å²) < 4.78 is 29.7. The van der Waals surface area contributed by atoms with Crippen LogP contribution >= 0.6 is 0 Å². The van der Waals surface area contributed by atoms with E-state index in [2.05, 4.69) is 5.16 Å². The molecule has 0 saturated carbocycles. The van der Waals surface area contributed by atoms with Gasteiger partial charge < -0.3 is 9.42 Å². The molecule has 136 valence electrons. The highest BCUT2D eigenvalue weighted by Gasteiger charge is 2.24. The third kappa shape index (κ3) is 5.16. The summed E-state index contributed by atoms with van der Waals surface area (Å²) in [6, 6.07) is 7.72. The van der Waals surface area contributed by atoms with Crippen LogP contribution < -0.4 is 0 Å². The van der Waals surface area contributed by atoms with E-state index in [1.807, 2.05) is 45.0 Å². The minimum Gasteiger partial charge on any atom is -0.364 e. The number of amides is 1. The smallest absolute Gasteiger partial charge is 0.237 e. The lowest BCUT2D eigenvalue weighted by atomic mass is 10.1. The first kappa shape index (κ1) is 19.2. The largest absolute Gasteiger partial charge is 0.364 e. The van der Waals surface area contributed by atoms with Crippen LogP contribution in [0.25, 0.3) is 0 Å².